The standard InChI is InChI=1S/C21H25NO4/c1-2-3-14-19(20(23)25-15-17-10-6-4-7-11-17)22-21(24)26-16-18-12-8-5-9-13-18/h4-13,19H,2-3,14-16H2,1H3,(H,22,24). The van der Waals surface area contributed by atoms with Crippen molar-refractivity contribution < 1.29 is 19.1 Å². The predicted molar refractivity (Wildman–Crippen MR) is 99.3 cm³/mol. The molecule has 2 aromatic carbocycles. The van der Waals surface area contributed by atoms with Gasteiger partial charge in [0.25, 0.3) is 0 Å². The van der Waals surface area contributed by atoms with Gasteiger partial charge in [-0.05, 0) is 17.5 Å². The molecule has 1 unspecified atom stereocenters. The summed E-state index contributed by atoms with van der Waals surface area (Å²) in [5.41, 5.74) is 1.79. The van der Waals surface area contributed by atoms with E-state index < -0.39 is 18.1 Å². The zero-order valence-corrected chi connectivity index (χ0v) is 15.0. The quantitative estimate of drug-likeness (QED) is 0.684. The molecule has 0 aliphatic heterocycles. The highest BCUT2D eigenvalue weighted by Crippen LogP contribution is 2.07. The van der Waals surface area contributed by atoms with E-state index in [1.165, 1.54) is 0 Å². The van der Waals surface area contributed by atoms with Crippen LogP contribution < -0.4 is 5.32 Å². The summed E-state index contributed by atoms with van der Waals surface area (Å²) in [5.74, 6) is -0.445. The second-order valence-electron chi connectivity index (χ2n) is 5.99. The third-order valence-electron chi connectivity index (χ3n) is 3.86. The molecule has 26 heavy (non-hydrogen) atoms. The largest absolute Gasteiger partial charge is 0.459 e. The molecule has 2 aromatic rings. The highest BCUT2D eigenvalue weighted by atomic mass is 16.6. The smallest absolute Gasteiger partial charge is 0.408 e. The first-order valence-corrected chi connectivity index (χ1v) is 8.87. The first-order chi connectivity index (χ1) is 12.7. The third kappa shape index (κ3) is 6.97. The molecule has 0 aromatic heterocycles. The van der Waals surface area contributed by atoms with Crippen molar-refractivity contribution in [3.63, 3.8) is 0 Å². The molecule has 5 heteroatoms. The summed E-state index contributed by atoms with van der Waals surface area (Å²) in [7, 11) is 0. The van der Waals surface area contributed by atoms with Crippen molar-refractivity contribution in [3.05, 3.63) is 71.8 Å². The molecule has 1 N–H and O–H groups in total. The second-order valence-corrected chi connectivity index (χ2v) is 5.99. The van der Waals surface area contributed by atoms with Crippen molar-refractivity contribution in [3.8, 4) is 0 Å². The maximum absolute atomic E-state index is 12.3. The van der Waals surface area contributed by atoms with E-state index in [4.69, 9.17) is 9.47 Å². The summed E-state index contributed by atoms with van der Waals surface area (Å²) in [6, 6.07) is 18.1. The van der Waals surface area contributed by atoms with Crippen LogP contribution in [0, 0.1) is 0 Å². The number of unbranched alkanes of at least 4 members (excludes halogenated alkanes) is 1. The minimum atomic E-state index is -0.707. The number of hydrogen-bond donors (Lipinski definition) is 1. The number of hydrogen-bond acceptors (Lipinski definition) is 4. The van der Waals surface area contributed by atoms with Crippen molar-refractivity contribution >= 4 is 12.1 Å². The maximum Gasteiger partial charge on any atom is 0.408 e. The lowest BCUT2D eigenvalue weighted by Crippen LogP contribution is -2.42. The Balaban J connectivity index is 1.84. The van der Waals surface area contributed by atoms with E-state index in [0.29, 0.717) is 6.42 Å². The number of carbonyl (C=O) groups excluding carboxylic acids is 2. The molecule has 0 heterocycles. The lowest BCUT2D eigenvalue weighted by molar-refractivity contribution is -0.147. The molecule has 0 aliphatic carbocycles. The highest BCUT2D eigenvalue weighted by Gasteiger charge is 2.22. The molecule has 0 bridgehead atoms. The van der Waals surface area contributed by atoms with Crippen LogP contribution in [0.25, 0.3) is 0 Å². The van der Waals surface area contributed by atoms with Gasteiger partial charge in [0.2, 0.25) is 0 Å². The topological polar surface area (TPSA) is 64.6 Å². The molecule has 0 saturated heterocycles. The van der Waals surface area contributed by atoms with E-state index >= 15 is 0 Å². The first kappa shape index (κ1) is 19.5. The number of benzene rings is 2. The van der Waals surface area contributed by atoms with Crippen molar-refractivity contribution in [1.82, 2.24) is 5.32 Å². The van der Waals surface area contributed by atoms with Crippen molar-refractivity contribution in [2.75, 3.05) is 0 Å². The van der Waals surface area contributed by atoms with Crippen LogP contribution >= 0.6 is 0 Å². The fourth-order valence-corrected chi connectivity index (χ4v) is 2.39. The Morgan fingerprint density at radius 3 is 1.96 bits per heavy atom. The summed E-state index contributed by atoms with van der Waals surface area (Å²) >= 11 is 0. The number of carbonyl (C=O) groups is 2. The average Bonchev–Trinajstić information content (AvgIpc) is 2.69. The molecular weight excluding hydrogens is 330 g/mol. The minimum Gasteiger partial charge on any atom is -0.459 e. The number of ether oxygens (including phenoxy) is 2. The molecule has 0 radical (unpaired) electrons. The Morgan fingerprint density at radius 1 is 0.885 bits per heavy atom. The molecule has 0 saturated carbocycles. The molecule has 0 spiro atoms. The number of esters is 1. The van der Waals surface area contributed by atoms with Crippen LogP contribution in [0.15, 0.2) is 60.7 Å². The molecule has 138 valence electrons. The van der Waals surface area contributed by atoms with E-state index in [2.05, 4.69) is 5.32 Å². The highest BCUT2D eigenvalue weighted by molar-refractivity contribution is 5.81. The molecule has 0 fully saturated rings. The van der Waals surface area contributed by atoms with Crippen LogP contribution in [0.1, 0.15) is 37.3 Å². The van der Waals surface area contributed by atoms with Gasteiger partial charge in [0.15, 0.2) is 0 Å². The molecule has 0 aliphatic rings. The van der Waals surface area contributed by atoms with Crippen molar-refractivity contribution in [2.45, 2.75) is 45.4 Å². The monoisotopic (exact) mass is 355 g/mol. The van der Waals surface area contributed by atoms with E-state index in [0.717, 1.165) is 24.0 Å². The Morgan fingerprint density at radius 2 is 1.42 bits per heavy atom. The molecule has 1 atom stereocenters. The van der Waals surface area contributed by atoms with Crippen LogP contribution in [-0.4, -0.2) is 18.1 Å². The van der Waals surface area contributed by atoms with Crippen LogP contribution in [-0.2, 0) is 27.5 Å². The first-order valence-electron chi connectivity index (χ1n) is 8.87. The fraction of sp³-hybridized carbons (Fsp3) is 0.333. The zero-order valence-electron chi connectivity index (χ0n) is 15.0. The van der Waals surface area contributed by atoms with Gasteiger partial charge in [-0.1, -0.05) is 80.4 Å². The molecular formula is C21H25NO4. The third-order valence-corrected chi connectivity index (χ3v) is 3.86. The lowest BCUT2D eigenvalue weighted by atomic mass is 10.1. The van der Waals surface area contributed by atoms with E-state index in [1.807, 2.05) is 67.6 Å². The van der Waals surface area contributed by atoms with Crippen LogP contribution in [0.5, 0.6) is 0 Å². The number of rotatable bonds is 9. The van der Waals surface area contributed by atoms with Crippen molar-refractivity contribution in [2.24, 2.45) is 0 Å². The molecule has 5 nitrogen and oxygen atoms in total. The average molecular weight is 355 g/mol. The van der Waals surface area contributed by atoms with Gasteiger partial charge in [0.05, 0.1) is 0 Å². The fourth-order valence-electron chi connectivity index (χ4n) is 2.39. The van der Waals surface area contributed by atoms with Crippen LogP contribution in [0.4, 0.5) is 4.79 Å². The minimum absolute atomic E-state index is 0.159. The van der Waals surface area contributed by atoms with Gasteiger partial charge < -0.3 is 14.8 Å². The second kappa shape index (κ2) is 10.9. The summed E-state index contributed by atoms with van der Waals surface area (Å²) in [6.45, 7) is 2.37. The van der Waals surface area contributed by atoms with Gasteiger partial charge in [-0.3, -0.25) is 0 Å². The zero-order chi connectivity index (χ0) is 18.6. The molecule has 2 rings (SSSR count). The number of nitrogens with one attached hydrogen (secondary N) is 1. The van der Waals surface area contributed by atoms with E-state index in [-0.39, 0.29) is 13.2 Å². The van der Waals surface area contributed by atoms with E-state index in [1.54, 1.807) is 0 Å². The predicted octanol–water partition coefficient (Wildman–Crippen LogP) is 4.22. The summed E-state index contributed by atoms with van der Waals surface area (Å²) in [4.78, 5) is 24.4. The summed E-state index contributed by atoms with van der Waals surface area (Å²) in [6.07, 6.45) is 1.63. The van der Waals surface area contributed by atoms with Gasteiger partial charge in [0.1, 0.15) is 19.3 Å². The summed E-state index contributed by atoms with van der Waals surface area (Å²) in [5, 5.41) is 2.62. The SMILES string of the molecule is CCCCC(NC(=O)OCc1ccccc1)C(=O)OCc1ccccc1. The number of alkyl carbamates (subject to hydrolysis) is 1. The van der Waals surface area contributed by atoms with Gasteiger partial charge in [-0.25, -0.2) is 9.59 Å². The van der Waals surface area contributed by atoms with Crippen molar-refractivity contribution in [1.29, 1.82) is 0 Å². The van der Waals surface area contributed by atoms with Gasteiger partial charge in [-0.15, -0.1) is 0 Å². The summed E-state index contributed by atoms with van der Waals surface area (Å²) < 4.78 is 10.5. The van der Waals surface area contributed by atoms with Crippen LogP contribution in [0.2, 0.25) is 0 Å². The van der Waals surface area contributed by atoms with Gasteiger partial charge in [0, 0.05) is 0 Å². The van der Waals surface area contributed by atoms with Gasteiger partial charge >= 0.3 is 12.1 Å². The Kier molecular flexibility index (Phi) is 8.19. The van der Waals surface area contributed by atoms with Crippen LogP contribution in [0.3, 0.4) is 0 Å². The maximum atomic E-state index is 12.3. The number of amides is 1. The normalized spacial score (nSPS) is 11.4. The Labute approximate surface area is 154 Å². The lowest BCUT2D eigenvalue weighted by Gasteiger charge is -2.17. The van der Waals surface area contributed by atoms with Gasteiger partial charge in [-0.2, -0.15) is 0 Å². The Bertz CT molecular complexity index is 673. The van der Waals surface area contributed by atoms with E-state index in [9.17, 15) is 9.59 Å². The Hall–Kier alpha value is -2.82. The molecule has 1 amide bonds.